The fourth-order valence-electron chi connectivity index (χ4n) is 1.63. The summed E-state index contributed by atoms with van der Waals surface area (Å²) in [6, 6.07) is 8.70. The third-order valence-corrected chi connectivity index (χ3v) is 2.62. The van der Waals surface area contributed by atoms with E-state index in [2.05, 4.69) is 0 Å². The molecule has 0 aromatic heterocycles. The molecule has 0 spiro atoms. The summed E-state index contributed by atoms with van der Waals surface area (Å²) in [5, 5.41) is 0.793. The van der Waals surface area contributed by atoms with Gasteiger partial charge in [-0.2, -0.15) is 5.06 Å². The van der Waals surface area contributed by atoms with Crippen LogP contribution < -0.4 is 5.73 Å². The van der Waals surface area contributed by atoms with Crippen LogP contribution in [0.3, 0.4) is 0 Å². The van der Waals surface area contributed by atoms with Gasteiger partial charge in [-0.3, -0.25) is 14.4 Å². The zero-order valence-electron chi connectivity index (χ0n) is 9.74. The first-order valence-electron chi connectivity index (χ1n) is 5.47. The molecule has 0 saturated carbocycles. The van der Waals surface area contributed by atoms with Crippen molar-refractivity contribution in [2.75, 3.05) is 0 Å². The second-order valence-corrected chi connectivity index (χ2v) is 3.93. The lowest BCUT2D eigenvalue weighted by Crippen LogP contribution is -2.50. The summed E-state index contributed by atoms with van der Waals surface area (Å²) in [4.78, 5) is 28.3. The third kappa shape index (κ3) is 3.29. The zero-order chi connectivity index (χ0) is 12.3. The van der Waals surface area contributed by atoms with E-state index in [1.54, 1.807) is 0 Å². The van der Waals surface area contributed by atoms with Crippen LogP contribution in [0.25, 0.3) is 0 Å². The zero-order valence-corrected chi connectivity index (χ0v) is 10.6. The number of hydroxylamine groups is 2. The Kier molecular flexibility index (Phi) is 5.27. The molecule has 5 nitrogen and oxygen atoms in total. The van der Waals surface area contributed by atoms with Gasteiger partial charge in [-0.05, 0) is 12.0 Å². The molecule has 0 radical (unpaired) electrons. The summed E-state index contributed by atoms with van der Waals surface area (Å²) in [6.07, 6.45) is 0.643. The SMILES string of the molecule is Cl.NC1CCC(=O)N(OCc2ccccc2)C1=O. The summed E-state index contributed by atoms with van der Waals surface area (Å²) in [5.74, 6) is -0.787. The number of benzene rings is 1. The van der Waals surface area contributed by atoms with Crippen LogP contribution in [0.2, 0.25) is 0 Å². The number of nitrogens with zero attached hydrogens (tertiary/aromatic N) is 1. The number of piperidine rings is 1. The smallest absolute Gasteiger partial charge is 0.270 e. The molecule has 18 heavy (non-hydrogen) atoms. The van der Waals surface area contributed by atoms with Crippen LogP contribution in [0.15, 0.2) is 30.3 Å². The van der Waals surface area contributed by atoms with Crippen LogP contribution in [-0.2, 0) is 21.0 Å². The summed E-state index contributed by atoms with van der Waals surface area (Å²) < 4.78 is 0. The highest BCUT2D eigenvalue weighted by molar-refractivity contribution is 5.98. The molecule has 1 aliphatic heterocycles. The van der Waals surface area contributed by atoms with Crippen LogP contribution in [-0.4, -0.2) is 22.9 Å². The van der Waals surface area contributed by atoms with E-state index in [1.165, 1.54) is 0 Å². The highest BCUT2D eigenvalue weighted by Crippen LogP contribution is 2.13. The van der Waals surface area contributed by atoms with Gasteiger partial charge in [-0.1, -0.05) is 30.3 Å². The Bertz CT molecular complexity index is 425. The Morgan fingerprint density at radius 3 is 2.61 bits per heavy atom. The summed E-state index contributed by atoms with van der Waals surface area (Å²) in [6.45, 7) is 0.186. The van der Waals surface area contributed by atoms with Gasteiger partial charge < -0.3 is 5.73 Å². The third-order valence-electron chi connectivity index (χ3n) is 2.62. The summed E-state index contributed by atoms with van der Waals surface area (Å²) in [5.41, 5.74) is 6.47. The molecule has 1 aromatic rings. The average Bonchev–Trinajstić information content (AvgIpc) is 2.35. The van der Waals surface area contributed by atoms with Crippen LogP contribution in [0, 0.1) is 0 Å². The predicted octanol–water partition coefficient (Wildman–Crippen LogP) is 1.02. The van der Waals surface area contributed by atoms with Crippen molar-refractivity contribution in [2.24, 2.45) is 5.73 Å². The molecule has 0 bridgehead atoms. The monoisotopic (exact) mass is 270 g/mol. The number of carbonyl (C=O) groups is 2. The van der Waals surface area contributed by atoms with Crippen LogP contribution in [0.1, 0.15) is 18.4 Å². The van der Waals surface area contributed by atoms with Gasteiger partial charge >= 0.3 is 0 Å². The molecule has 98 valence electrons. The summed E-state index contributed by atoms with van der Waals surface area (Å²) >= 11 is 0. The number of hydrogen-bond donors (Lipinski definition) is 1. The van der Waals surface area contributed by atoms with Gasteiger partial charge in [0, 0.05) is 6.42 Å². The average molecular weight is 271 g/mol. The second kappa shape index (κ2) is 6.49. The van der Waals surface area contributed by atoms with Gasteiger partial charge in [0.2, 0.25) is 0 Å². The van der Waals surface area contributed by atoms with E-state index in [0.29, 0.717) is 6.42 Å². The minimum absolute atomic E-state index is 0. The van der Waals surface area contributed by atoms with Gasteiger partial charge in [0.1, 0.15) is 6.61 Å². The fourth-order valence-corrected chi connectivity index (χ4v) is 1.63. The predicted molar refractivity (Wildman–Crippen MR) is 67.5 cm³/mol. The number of rotatable bonds is 3. The van der Waals surface area contributed by atoms with Crippen molar-refractivity contribution in [3.8, 4) is 0 Å². The van der Waals surface area contributed by atoms with E-state index in [0.717, 1.165) is 10.6 Å². The number of halogens is 1. The molecule has 1 heterocycles. The molecular weight excluding hydrogens is 256 g/mol. The molecule has 2 rings (SSSR count). The first kappa shape index (κ1) is 14.6. The lowest BCUT2D eigenvalue weighted by Gasteiger charge is -2.27. The maximum Gasteiger partial charge on any atom is 0.270 e. The molecule has 0 aliphatic carbocycles. The Balaban J connectivity index is 0.00000162. The first-order chi connectivity index (χ1) is 8.18. The number of carbonyl (C=O) groups excluding carboxylic acids is 2. The molecule has 6 heteroatoms. The highest BCUT2D eigenvalue weighted by Gasteiger charge is 2.33. The van der Waals surface area contributed by atoms with Crippen molar-refractivity contribution in [2.45, 2.75) is 25.5 Å². The van der Waals surface area contributed by atoms with E-state index in [4.69, 9.17) is 10.6 Å². The van der Waals surface area contributed by atoms with Gasteiger partial charge in [0.05, 0.1) is 6.04 Å². The molecule has 1 fully saturated rings. The standard InChI is InChI=1S/C12H14N2O3.ClH/c13-10-6-7-11(15)14(12(10)16)17-8-9-4-2-1-3-5-9;/h1-5,10H,6-8,13H2;1H. The molecule has 1 saturated heterocycles. The summed E-state index contributed by atoms with van der Waals surface area (Å²) in [7, 11) is 0. The topological polar surface area (TPSA) is 72.6 Å². The van der Waals surface area contributed by atoms with Crippen molar-refractivity contribution in [3.05, 3.63) is 35.9 Å². The molecular formula is C12H15ClN2O3. The van der Waals surface area contributed by atoms with Crippen LogP contribution in [0.4, 0.5) is 0 Å². The minimum Gasteiger partial charge on any atom is -0.320 e. The van der Waals surface area contributed by atoms with Gasteiger partial charge in [0.25, 0.3) is 11.8 Å². The highest BCUT2D eigenvalue weighted by atomic mass is 35.5. The number of hydrogen-bond acceptors (Lipinski definition) is 4. The fraction of sp³-hybridized carbons (Fsp3) is 0.333. The molecule has 2 N–H and O–H groups in total. The van der Waals surface area contributed by atoms with Gasteiger partial charge in [-0.15, -0.1) is 12.4 Å². The Morgan fingerprint density at radius 1 is 1.28 bits per heavy atom. The Morgan fingerprint density at radius 2 is 1.94 bits per heavy atom. The Hall–Kier alpha value is -1.43. The van der Waals surface area contributed by atoms with Crippen LogP contribution in [0.5, 0.6) is 0 Å². The van der Waals surface area contributed by atoms with Gasteiger partial charge in [0.15, 0.2) is 0 Å². The second-order valence-electron chi connectivity index (χ2n) is 3.93. The maximum absolute atomic E-state index is 11.6. The molecule has 1 atom stereocenters. The lowest BCUT2D eigenvalue weighted by atomic mass is 10.1. The number of imide groups is 1. The van der Waals surface area contributed by atoms with Crippen LogP contribution >= 0.6 is 12.4 Å². The van der Waals surface area contributed by atoms with Crippen molar-refractivity contribution in [1.82, 2.24) is 5.06 Å². The van der Waals surface area contributed by atoms with Crippen molar-refractivity contribution in [3.63, 3.8) is 0 Å². The van der Waals surface area contributed by atoms with Crippen molar-refractivity contribution in [1.29, 1.82) is 0 Å². The minimum atomic E-state index is -0.636. The Labute approximate surface area is 111 Å². The quantitative estimate of drug-likeness (QED) is 0.832. The first-order valence-corrected chi connectivity index (χ1v) is 5.47. The largest absolute Gasteiger partial charge is 0.320 e. The van der Waals surface area contributed by atoms with E-state index in [9.17, 15) is 9.59 Å². The lowest BCUT2D eigenvalue weighted by molar-refractivity contribution is -0.203. The molecule has 1 aliphatic rings. The van der Waals surface area contributed by atoms with E-state index in [-0.39, 0.29) is 31.3 Å². The maximum atomic E-state index is 11.6. The van der Waals surface area contributed by atoms with E-state index in [1.807, 2.05) is 30.3 Å². The molecule has 1 aromatic carbocycles. The molecule has 1 unspecified atom stereocenters. The van der Waals surface area contributed by atoms with E-state index >= 15 is 0 Å². The van der Waals surface area contributed by atoms with Crippen molar-refractivity contribution >= 4 is 24.2 Å². The molecule has 2 amide bonds. The van der Waals surface area contributed by atoms with Gasteiger partial charge in [-0.25, -0.2) is 0 Å². The number of amides is 2. The van der Waals surface area contributed by atoms with E-state index < -0.39 is 11.9 Å². The number of nitrogens with two attached hydrogens (primary N) is 1. The normalized spacial score (nSPS) is 19.6. The van der Waals surface area contributed by atoms with Crippen molar-refractivity contribution < 1.29 is 14.4 Å².